The standard InChI is InChI=1S/C19H24ClN3O/c1-14-18(22-10-9-21-14)15(2)23-13-19(7-11-24-12-8-19)16-3-5-17(20)6-4-16/h3-6,9-10,15,23H,7-8,11-13H2,1-2H3/t15-/m0/s1. The minimum absolute atomic E-state index is 0.0766. The molecular weight excluding hydrogens is 322 g/mol. The number of hydrogen-bond donors (Lipinski definition) is 1. The number of benzene rings is 1. The van der Waals surface area contributed by atoms with Gasteiger partial charge in [0, 0.05) is 48.6 Å². The second-order valence-electron chi connectivity index (χ2n) is 6.53. The fraction of sp³-hybridized carbons (Fsp3) is 0.474. The van der Waals surface area contributed by atoms with Gasteiger partial charge in [-0.05, 0) is 44.4 Å². The third kappa shape index (κ3) is 3.77. The van der Waals surface area contributed by atoms with E-state index in [2.05, 4.69) is 34.3 Å². The Morgan fingerprint density at radius 2 is 1.83 bits per heavy atom. The van der Waals surface area contributed by atoms with Crippen molar-refractivity contribution in [3.63, 3.8) is 0 Å². The zero-order valence-electron chi connectivity index (χ0n) is 14.3. The SMILES string of the molecule is Cc1nccnc1[C@H](C)NCC1(c2ccc(Cl)cc2)CCOCC1. The first-order valence-corrected chi connectivity index (χ1v) is 8.83. The molecule has 1 N–H and O–H groups in total. The molecule has 5 heteroatoms. The molecule has 0 bridgehead atoms. The molecule has 1 saturated heterocycles. The third-order valence-corrected chi connectivity index (χ3v) is 5.23. The highest BCUT2D eigenvalue weighted by Crippen LogP contribution is 2.35. The van der Waals surface area contributed by atoms with E-state index in [1.165, 1.54) is 5.56 Å². The maximum Gasteiger partial charge on any atom is 0.0782 e. The highest BCUT2D eigenvalue weighted by atomic mass is 35.5. The van der Waals surface area contributed by atoms with Crippen molar-refractivity contribution in [1.29, 1.82) is 0 Å². The Kier molecular flexibility index (Phi) is 5.49. The van der Waals surface area contributed by atoms with Gasteiger partial charge in [0.25, 0.3) is 0 Å². The van der Waals surface area contributed by atoms with E-state index in [1.807, 2.05) is 19.1 Å². The van der Waals surface area contributed by atoms with Gasteiger partial charge in [0.2, 0.25) is 0 Å². The molecule has 2 aromatic rings. The number of hydrogen-bond acceptors (Lipinski definition) is 4. The van der Waals surface area contributed by atoms with Crippen LogP contribution in [0.25, 0.3) is 0 Å². The Hall–Kier alpha value is -1.49. The number of aromatic nitrogens is 2. The van der Waals surface area contributed by atoms with Crippen LogP contribution >= 0.6 is 11.6 Å². The van der Waals surface area contributed by atoms with E-state index in [4.69, 9.17) is 16.3 Å². The first kappa shape index (κ1) is 17.3. The first-order valence-electron chi connectivity index (χ1n) is 8.45. The summed E-state index contributed by atoms with van der Waals surface area (Å²) in [7, 11) is 0. The molecule has 128 valence electrons. The van der Waals surface area contributed by atoms with Gasteiger partial charge in [-0.15, -0.1) is 0 Å². The molecule has 0 radical (unpaired) electrons. The molecule has 1 aliphatic rings. The Bertz CT molecular complexity index is 669. The van der Waals surface area contributed by atoms with Crippen LogP contribution in [0.1, 0.15) is 42.8 Å². The molecule has 1 atom stereocenters. The molecule has 1 aromatic carbocycles. The zero-order valence-corrected chi connectivity index (χ0v) is 15.0. The van der Waals surface area contributed by atoms with E-state index in [0.29, 0.717) is 0 Å². The van der Waals surface area contributed by atoms with Crippen molar-refractivity contribution in [2.45, 2.75) is 38.1 Å². The van der Waals surface area contributed by atoms with Crippen LogP contribution in [0.5, 0.6) is 0 Å². The van der Waals surface area contributed by atoms with Crippen LogP contribution in [0.15, 0.2) is 36.7 Å². The van der Waals surface area contributed by atoms with Crippen LogP contribution in [0.4, 0.5) is 0 Å². The van der Waals surface area contributed by atoms with Crippen LogP contribution < -0.4 is 5.32 Å². The summed E-state index contributed by atoms with van der Waals surface area (Å²) in [5.74, 6) is 0. The quantitative estimate of drug-likeness (QED) is 0.894. The van der Waals surface area contributed by atoms with Crippen molar-refractivity contribution in [3.05, 3.63) is 58.6 Å². The average molecular weight is 346 g/mol. The molecule has 0 saturated carbocycles. The number of aryl methyl sites for hydroxylation is 1. The summed E-state index contributed by atoms with van der Waals surface area (Å²) in [6.45, 7) is 6.62. The van der Waals surface area contributed by atoms with Crippen LogP contribution in [0.2, 0.25) is 5.02 Å². The van der Waals surface area contributed by atoms with Gasteiger partial charge >= 0.3 is 0 Å². The predicted molar refractivity (Wildman–Crippen MR) is 96.4 cm³/mol. The van der Waals surface area contributed by atoms with Crippen molar-refractivity contribution in [2.75, 3.05) is 19.8 Å². The lowest BCUT2D eigenvalue weighted by Gasteiger charge is -2.39. The summed E-state index contributed by atoms with van der Waals surface area (Å²) in [6, 6.07) is 8.40. The van der Waals surface area contributed by atoms with Crippen molar-refractivity contribution in [1.82, 2.24) is 15.3 Å². The van der Waals surface area contributed by atoms with Crippen molar-refractivity contribution >= 4 is 11.6 Å². The van der Waals surface area contributed by atoms with Crippen molar-refractivity contribution in [2.24, 2.45) is 0 Å². The van der Waals surface area contributed by atoms with E-state index in [-0.39, 0.29) is 11.5 Å². The van der Waals surface area contributed by atoms with Crippen molar-refractivity contribution in [3.8, 4) is 0 Å². The van der Waals surface area contributed by atoms with Crippen LogP contribution in [-0.4, -0.2) is 29.7 Å². The van der Waals surface area contributed by atoms with Gasteiger partial charge in [-0.1, -0.05) is 23.7 Å². The summed E-state index contributed by atoms with van der Waals surface area (Å²) >= 11 is 6.07. The summed E-state index contributed by atoms with van der Waals surface area (Å²) in [5, 5.41) is 4.45. The Balaban J connectivity index is 1.78. The topological polar surface area (TPSA) is 47.0 Å². The normalized spacial score (nSPS) is 18.3. The van der Waals surface area contributed by atoms with Gasteiger partial charge in [-0.25, -0.2) is 0 Å². The molecule has 0 unspecified atom stereocenters. The third-order valence-electron chi connectivity index (χ3n) is 4.98. The van der Waals surface area contributed by atoms with Crippen LogP contribution in [-0.2, 0) is 10.2 Å². The largest absolute Gasteiger partial charge is 0.381 e. The van der Waals surface area contributed by atoms with E-state index in [0.717, 1.165) is 49.0 Å². The van der Waals surface area contributed by atoms with Crippen LogP contribution in [0.3, 0.4) is 0 Å². The second-order valence-corrected chi connectivity index (χ2v) is 6.97. The highest BCUT2D eigenvalue weighted by Gasteiger charge is 2.34. The lowest BCUT2D eigenvalue weighted by molar-refractivity contribution is 0.0490. The fourth-order valence-electron chi connectivity index (χ4n) is 3.42. The molecule has 0 spiro atoms. The number of nitrogens with zero attached hydrogens (tertiary/aromatic N) is 2. The summed E-state index contributed by atoms with van der Waals surface area (Å²) in [4.78, 5) is 8.82. The Morgan fingerprint density at radius 3 is 2.50 bits per heavy atom. The molecular formula is C19H24ClN3O. The van der Waals surface area contributed by atoms with Crippen molar-refractivity contribution < 1.29 is 4.74 Å². The number of ether oxygens (including phenoxy) is 1. The number of nitrogens with one attached hydrogen (secondary N) is 1. The summed E-state index contributed by atoms with van der Waals surface area (Å²) in [6.07, 6.45) is 5.50. The zero-order chi connectivity index (χ0) is 17.0. The molecule has 0 aliphatic carbocycles. The molecule has 0 amide bonds. The van der Waals surface area contributed by atoms with Gasteiger partial charge in [-0.2, -0.15) is 0 Å². The maximum absolute atomic E-state index is 6.07. The Morgan fingerprint density at radius 1 is 1.17 bits per heavy atom. The first-order chi connectivity index (χ1) is 11.6. The second kappa shape index (κ2) is 7.60. The van der Waals surface area contributed by atoms with Gasteiger partial charge < -0.3 is 10.1 Å². The van der Waals surface area contributed by atoms with Gasteiger partial charge in [-0.3, -0.25) is 9.97 Å². The Labute approximate surface area is 148 Å². The number of rotatable bonds is 5. The minimum atomic E-state index is 0.0766. The fourth-order valence-corrected chi connectivity index (χ4v) is 3.55. The van der Waals surface area contributed by atoms with Crippen LogP contribution in [0, 0.1) is 6.92 Å². The lowest BCUT2D eigenvalue weighted by atomic mass is 9.74. The highest BCUT2D eigenvalue weighted by molar-refractivity contribution is 6.30. The van der Waals surface area contributed by atoms with E-state index in [9.17, 15) is 0 Å². The van der Waals surface area contributed by atoms with Gasteiger partial charge in [0.15, 0.2) is 0 Å². The number of halogens is 1. The molecule has 3 rings (SSSR count). The van der Waals surface area contributed by atoms with E-state index >= 15 is 0 Å². The van der Waals surface area contributed by atoms with Gasteiger partial charge in [0.05, 0.1) is 11.4 Å². The summed E-state index contributed by atoms with van der Waals surface area (Å²) < 4.78 is 5.60. The maximum atomic E-state index is 6.07. The molecule has 1 aromatic heterocycles. The molecule has 4 nitrogen and oxygen atoms in total. The molecule has 1 fully saturated rings. The summed E-state index contributed by atoms with van der Waals surface area (Å²) in [5.41, 5.74) is 3.39. The monoisotopic (exact) mass is 345 g/mol. The molecule has 24 heavy (non-hydrogen) atoms. The van der Waals surface area contributed by atoms with E-state index in [1.54, 1.807) is 12.4 Å². The molecule has 1 aliphatic heterocycles. The minimum Gasteiger partial charge on any atom is -0.381 e. The van der Waals surface area contributed by atoms with Gasteiger partial charge in [0.1, 0.15) is 0 Å². The van der Waals surface area contributed by atoms with E-state index < -0.39 is 0 Å². The predicted octanol–water partition coefficient (Wildman–Crippen LogP) is 3.84. The average Bonchev–Trinajstić information content (AvgIpc) is 2.61. The molecule has 2 heterocycles. The smallest absolute Gasteiger partial charge is 0.0782 e. The lowest BCUT2D eigenvalue weighted by Crippen LogP contribution is -2.43.